The van der Waals surface area contributed by atoms with Crippen molar-refractivity contribution in [1.29, 1.82) is 0 Å². The molecule has 19 heavy (non-hydrogen) atoms. The van der Waals surface area contributed by atoms with Crippen LogP contribution in [0.25, 0.3) is 0 Å². The van der Waals surface area contributed by atoms with Gasteiger partial charge in [0.1, 0.15) is 5.82 Å². The molecule has 1 unspecified atom stereocenters. The highest BCUT2D eigenvalue weighted by atomic mass is 19.4. The molecular weight excluding hydrogens is 262 g/mol. The topological polar surface area (TPSA) is 21.3 Å². The molecule has 1 fully saturated rings. The number of alkyl halides is 3. The normalized spacial score (nSPS) is 30.1. The van der Waals surface area contributed by atoms with Gasteiger partial charge < -0.3 is 10.1 Å². The van der Waals surface area contributed by atoms with Gasteiger partial charge in [0.15, 0.2) is 0 Å². The van der Waals surface area contributed by atoms with Crippen molar-refractivity contribution >= 4 is 0 Å². The summed E-state index contributed by atoms with van der Waals surface area (Å²) in [4.78, 5) is 0. The molecule has 0 spiro atoms. The van der Waals surface area contributed by atoms with E-state index in [1.165, 1.54) is 0 Å². The number of benzene rings is 1. The van der Waals surface area contributed by atoms with Crippen molar-refractivity contribution in [2.75, 3.05) is 6.54 Å². The lowest BCUT2D eigenvalue weighted by molar-refractivity contribution is -0.140. The number of rotatable bonds is 0. The maximum Gasteiger partial charge on any atom is 0.419 e. The lowest BCUT2D eigenvalue weighted by atomic mass is 10.0. The lowest BCUT2D eigenvalue weighted by Gasteiger charge is -2.32. The van der Waals surface area contributed by atoms with Crippen LogP contribution < -0.4 is 5.32 Å². The van der Waals surface area contributed by atoms with Crippen molar-refractivity contribution in [3.63, 3.8) is 0 Å². The number of morpholine rings is 1. The Morgan fingerprint density at radius 1 is 1.32 bits per heavy atom. The molecule has 1 aliphatic carbocycles. The van der Waals surface area contributed by atoms with Gasteiger partial charge in [-0.2, -0.15) is 13.2 Å². The van der Waals surface area contributed by atoms with Crippen LogP contribution in [0.4, 0.5) is 17.6 Å². The standard InChI is InChI=1S/C13H13F4NO/c1-6-5-18-12-8-4-10(14)9(13(15,16)17)2-7(8)3-11(12)19-6/h2,4,6,11-12,18H,3,5H2,1H3/t6?,11-,12+/m1/s1. The van der Waals surface area contributed by atoms with Gasteiger partial charge in [0.05, 0.1) is 23.8 Å². The Bertz CT molecular complexity index is 514. The van der Waals surface area contributed by atoms with Gasteiger partial charge in [0.25, 0.3) is 0 Å². The summed E-state index contributed by atoms with van der Waals surface area (Å²) < 4.78 is 57.3. The molecule has 0 aromatic heterocycles. The first kappa shape index (κ1) is 12.9. The highest BCUT2D eigenvalue weighted by molar-refractivity contribution is 5.41. The number of halogens is 4. The third kappa shape index (κ3) is 2.12. The first-order valence-electron chi connectivity index (χ1n) is 6.14. The van der Waals surface area contributed by atoms with E-state index in [1.807, 2.05) is 6.92 Å². The number of hydrogen-bond donors (Lipinski definition) is 1. The maximum absolute atomic E-state index is 13.6. The van der Waals surface area contributed by atoms with Crippen molar-refractivity contribution in [1.82, 2.24) is 5.32 Å². The Labute approximate surface area is 107 Å². The minimum absolute atomic E-state index is 0.0162. The molecule has 0 saturated carbocycles. The Balaban J connectivity index is 2.00. The summed E-state index contributed by atoms with van der Waals surface area (Å²) in [7, 11) is 0. The minimum atomic E-state index is -4.66. The summed E-state index contributed by atoms with van der Waals surface area (Å²) >= 11 is 0. The summed E-state index contributed by atoms with van der Waals surface area (Å²) in [6.45, 7) is 2.51. The van der Waals surface area contributed by atoms with Crippen LogP contribution in [0.3, 0.4) is 0 Å². The number of ether oxygens (including phenoxy) is 1. The zero-order valence-corrected chi connectivity index (χ0v) is 10.2. The molecule has 1 saturated heterocycles. The van der Waals surface area contributed by atoms with Gasteiger partial charge in [-0.1, -0.05) is 0 Å². The summed E-state index contributed by atoms with van der Waals surface area (Å²) in [5.41, 5.74) is -0.0920. The second kappa shape index (κ2) is 4.18. The predicted octanol–water partition coefficient (Wildman–Crippen LogP) is 2.82. The molecule has 2 aliphatic rings. The molecule has 1 aromatic carbocycles. The van der Waals surface area contributed by atoms with Gasteiger partial charge in [-0.3, -0.25) is 0 Å². The molecule has 1 N–H and O–H groups in total. The molecule has 0 radical (unpaired) electrons. The lowest BCUT2D eigenvalue weighted by Crippen LogP contribution is -2.44. The van der Waals surface area contributed by atoms with Crippen LogP contribution in [0.5, 0.6) is 0 Å². The number of fused-ring (bicyclic) bond motifs is 3. The Kier molecular flexibility index (Phi) is 2.83. The van der Waals surface area contributed by atoms with E-state index in [0.29, 0.717) is 24.1 Å². The molecule has 6 heteroatoms. The maximum atomic E-state index is 13.6. The van der Waals surface area contributed by atoms with E-state index in [-0.39, 0.29) is 18.2 Å². The van der Waals surface area contributed by atoms with Gasteiger partial charge >= 0.3 is 6.18 Å². The van der Waals surface area contributed by atoms with Crippen LogP contribution in [0.15, 0.2) is 12.1 Å². The molecule has 1 heterocycles. The van der Waals surface area contributed by atoms with Crippen LogP contribution in [0, 0.1) is 5.82 Å². The fourth-order valence-corrected chi connectivity index (χ4v) is 2.86. The van der Waals surface area contributed by atoms with Crippen molar-refractivity contribution in [2.45, 2.75) is 37.8 Å². The quantitative estimate of drug-likeness (QED) is 0.735. The first-order chi connectivity index (χ1) is 8.86. The second-order valence-corrected chi connectivity index (χ2v) is 5.10. The van der Waals surface area contributed by atoms with E-state index < -0.39 is 17.6 Å². The van der Waals surface area contributed by atoms with E-state index in [2.05, 4.69) is 5.32 Å². The van der Waals surface area contributed by atoms with Crippen LogP contribution in [-0.4, -0.2) is 18.8 Å². The largest absolute Gasteiger partial charge is 0.419 e. The van der Waals surface area contributed by atoms with Gasteiger partial charge in [-0.25, -0.2) is 4.39 Å². The minimum Gasteiger partial charge on any atom is -0.372 e. The fraction of sp³-hybridized carbons (Fsp3) is 0.538. The second-order valence-electron chi connectivity index (χ2n) is 5.10. The van der Waals surface area contributed by atoms with Crippen LogP contribution in [-0.2, 0) is 17.3 Å². The Hall–Kier alpha value is -1.14. The van der Waals surface area contributed by atoms with E-state index in [1.54, 1.807) is 0 Å². The van der Waals surface area contributed by atoms with Gasteiger partial charge in [0, 0.05) is 13.0 Å². The van der Waals surface area contributed by atoms with E-state index in [0.717, 1.165) is 12.1 Å². The van der Waals surface area contributed by atoms with Crippen molar-refractivity contribution in [2.24, 2.45) is 0 Å². The summed E-state index contributed by atoms with van der Waals surface area (Å²) in [6.07, 6.45) is -4.46. The van der Waals surface area contributed by atoms with Crippen molar-refractivity contribution < 1.29 is 22.3 Å². The van der Waals surface area contributed by atoms with E-state index in [4.69, 9.17) is 4.74 Å². The third-order valence-electron chi connectivity index (χ3n) is 3.69. The molecule has 0 amide bonds. The summed E-state index contributed by atoms with van der Waals surface area (Å²) in [5.74, 6) is -1.22. The molecule has 3 rings (SSSR count). The average molecular weight is 275 g/mol. The van der Waals surface area contributed by atoms with Gasteiger partial charge in [-0.15, -0.1) is 0 Å². The predicted molar refractivity (Wildman–Crippen MR) is 60.2 cm³/mol. The van der Waals surface area contributed by atoms with Crippen LogP contribution >= 0.6 is 0 Å². The van der Waals surface area contributed by atoms with Crippen LogP contribution in [0.1, 0.15) is 29.7 Å². The molecule has 1 aliphatic heterocycles. The first-order valence-corrected chi connectivity index (χ1v) is 6.14. The molecule has 0 bridgehead atoms. The summed E-state index contributed by atoms with van der Waals surface area (Å²) in [6, 6.07) is 1.71. The Morgan fingerprint density at radius 3 is 2.74 bits per heavy atom. The molecular formula is C13H13F4NO. The Morgan fingerprint density at radius 2 is 2.05 bits per heavy atom. The van der Waals surface area contributed by atoms with Gasteiger partial charge in [-0.05, 0) is 30.2 Å². The molecule has 104 valence electrons. The highest BCUT2D eigenvalue weighted by Gasteiger charge is 2.41. The zero-order chi connectivity index (χ0) is 13.8. The SMILES string of the molecule is CC1CN[C@H]2c3cc(F)c(C(F)(F)F)cc3C[C@H]2O1. The van der Waals surface area contributed by atoms with Gasteiger partial charge in [0.2, 0.25) is 0 Å². The smallest absolute Gasteiger partial charge is 0.372 e. The monoisotopic (exact) mass is 275 g/mol. The molecule has 1 aromatic rings. The van der Waals surface area contributed by atoms with Crippen LogP contribution in [0.2, 0.25) is 0 Å². The highest BCUT2D eigenvalue weighted by Crippen LogP contribution is 2.40. The molecule has 3 atom stereocenters. The average Bonchev–Trinajstić information content (AvgIpc) is 2.63. The zero-order valence-electron chi connectivity index (χ0n) is 10.2. The fourth-order valence-electron chi connectivity index (χ4n) is 2.86. The third-order valence-corrected chi connectivity index (χ3v) is 3.69. The molecule has 2 nitrogen and oxygen atoms in total. The van der Waals surface area contributed by atoms with Crippen molar-refractivity contribution in [3.05, 3.63) is 34.6 Å². The number of nitrogens with one attached hydrogen (secondary N) is 1. The number of hydrogen-bond acceptors (Lipinski definition) is 2. The van der Waals surface area contributed by atoms with Crippen molar-refractivity contribution in [3.8, 4) is 0 Å². The van der Waals surface area contributed by atoms with E-state index >= 15 is 0 Å². The van der Waals surface area contributed by atoms with E-state index in [9.17, 15) is 17.6 Å². The summed E-state index contributed by atoms with van der Waals surface area (Å²) in [5, 5.41) is 3.20.